The van der Waals surface area contributed by atoms with Gasteiger partial charge in [-0.2, -0.15) is 0 Å². The summed E-state index contributed by atoms with van der Waals surface area (Å²) in [5.74, 6) is -0.0225. The van der Waals surface area contributed by atoms with Crippen molar-refractivity contribution < 1.29 is 18.8 Å². The van der Waals surface area contributed by atoms with E-state index >= 15 is 0 Å². The van der Waals surface area contributed by atoms with Gasteiger partial charge in [-0.25, -0.2) is 0 Å². The first-order valence-electron chi connectivity index (χ1n) is 8.75. The second-order valence-corrected chi connectivity index (χ2v) is 6.27. The minimum atomic E-state index is -0.153. The van der Waals surface area contributed by atoms with Gasteiger partial charge in [-0.1, -0.05) is 6.07 Å². The highest BCUT2D eigenvalue weighted by atomic mass is 16.3. The molecule has 1 aromatic carbocycles. The van der Waals surface area contributed by atoms with Gasteiger partial charge in [0.15, 0.2) is 5.76 Å². The van der Waals surface area contributed by atoms with Gasteiger partial charge in [0.05, 0.1) is 12.8 Å². The van der Waals surface area contributed by atoms with E-state index in [4.69, 9.17) is 4.42 Å². The van der Waals surface area contributed by atoms with Crippen LogP contribution in [0.4, 0.5) is 11.4 Å². The molecular formula is C19H22N4O4. The van der Waals surface area contributed by atoms with Gasteiger partial charge in [0, 0.05) is 44.5 Å². The highest BCUT2D eigenvalue weighted by molar-refractivity contribution is 5.92. The van der Waals surface area contributed by atoms with E-state index in [1.165, 1.54) is 13.2 Å². The van der Waals surface area contributed by atoms with Gasteiger partial charge in [0.2, 0.25) is 11.8 Å². The molecule has 3 amide bonds. The van der Waals surface area contributed by atoms with Gasteiger partial charge in [-0.3, -0.25) is 14.4 Å². The Kier molecular flexibility index (Phi) is 5.75. The summed E-state index contributed by atoms with van der Waals surface area (Å²) in [5, 5.41) is 5.78. The van der Waals surface area contributed by atoms with Crippen LogP contribution in [0, 0.1) is 0 Å². The Morgan fingerprint density at radius 1 is 1.00 bits per heavy atom. The van der Waals surface area contributed by atoms with Crippen LogP contribution < -0.4 is 10.6 Å². The van der Waals surface area contributed by atoms with Gasteiger partial charge in [0.1, 0.15) is 0 Å². The van der Waals surface area contributed by atoms with Gasteiger partial charge in [-0.15, -0.1) is 0 Å². The van der Waals surface area contributed by atoms with Crippen LogP contribution >= 0.6 is 0 Å². The molecule has 0 radical (unpaired) electrons. The smallest absolute Gasteiger partial charge is 0.289 e. The van der Waals surface area contributed by atoms with E-state index in [1.807, 2.05) is 6.07 Å². The van der Waals surface area contributed by atoms with E-state index in [-0.39, 0.29) is 24.3 Å². The van der Waals surface area contributed by atoms with E-state index in [0.29, 0.717) is 37.6 Å². The molecule has 2 aromatic rings. The Morgan fingerprint density at radius 2 is 1.70 bits per heavy atom. The molecular weight excluding hydrogens is 348 g/mol. The minimum Gasteiger partial charge on any atom is -0.459 e. The summed E-state index contributed by atoms with van der Waals surface area (Å²) in [6.07, 6.45) is 1.47. The topological polar surface area (TPSA) is 94.9 Å². The zero-order chi connectivity index (χ0) is 19.2. The number of nitrogens with zero attached hydrogens (tertiary/aromatic N) is 2. The SMILES string of the molecule is CC(=O)Nc1cccc(NCC(=O)N2CCN(C(=O)c3ccco3)CC2)c1. The fourth-order valence-electron chi connectivity index (χ4n) is 2.91. The number of anilines is 2. The van der Waals surface area contributed by atoms with E-state index in [2.05, 4.69) is 10.6 Å². The van der Waals surface area contributed by atoms with E-state index < -0.39 is 0 Å². The Morgan fingerprint density at radius 3 is 2.37 bits per heavy atom. The van der Waals surface area contributed by atoms with Crippen molar-refractivity contribution in [3.05, 3.63) is 48.4 Å². The van der Waals surface area contributed by atoms with Gasteiger partial charge >= 0.3 is 0 Å². The first-order chi connectivity index (χ1) is 13.0. The minimum absolute atomic E-state index is 0.0370. The van der Waals surface area contributed by atoms with Crippen molar-refractivity contribution in [2.45, 2.75) is 6.92 Å². The molecule has 1 saturated heterocycles. The Labute approximate surface area is 157 Å². The zero-order valence-corrected chi connectivity index (χ0v) is 15.1. The summed E-state index contributed by atoms with van der Waals surface area (Å²) in [4.78, 5) is 39.2. The number of amides is 3. The molecule has 1 aliphatic heterocycles. The number of nitrogens with one attached hydrogen (secondary N) is 2. The normalized spacial score (nSPS) is 14.0. The van der Waals surface area contributed by atoms with Crippen LogP contribution in [-0.4, -0.2) is 60.2 Å². The Bertz CT molecular complexity index is 811. The van der Waals surface area contributed by atoms with Crippen LogP contribution in [0.3, 0.4) is 0 Å². The summed E-state index contributed by atoms with van der Waals surface area (Å²) in [7, 11) is 0. The third-order valence-corrected chi connectivity index (χ3v) is 4.28. The number of carbonyl (C=O) groups is 3. The lowest BCUT2D eigenvalue weighted by molar-refractivity contribution is -0.130. The average molecular weight is 370 g/mol. The van der Waals surface area contributed by atoms with Crippen molar-refractivity contribution >= 4 is 29.1 Å². The summed E-state index contributed by atoms with van der Waals surface area (Å²) in [6, 6.07) is 10.5. The molecule has 1 aromatic heterocycles. The lowest BCUT2D eigenvalue weighted by Crippen LogP contribution is -2.51. The predicted molar refractivity (Wildman–Crippen MR) is 100 cm³/mol. The fraction of sp³-hybridized carbons (Fsp3) is 0.316. The first-order valence-corrected chi connectivity index (χ1v) is 8.75. The molecule has 0 atom stereocenters. The van der Waals surface area contributed by atoms with Gasteiger partial charge < -0.3 is 24.9 Å². The molecule has 2 heterocycles. The lowest BCUT2D eigenvalue weighted by Gasteiger charge is -2.34. The molecule has 0 unspecified atom stereocenters. The molecule has 27 heavy (non-hydrogen) atoms. The third-order valence-electron chi connectivity index (χ3n) is 4.28. The zero-order valence-electron chi connectivity index (χ0n) is 15.1. The number of hydrogen-bond donors (Lipinski definition) is 2. The maximum Gasteiger partial charge on any atom is 0.289 e. The molecule has 2 N–H and O–H groups in total. The molecule has 0 saturated carbocycles. The summed E-state index contributed by atoms with van der Waals surface area (Å²) < 4.78 is 5.14. The van der Waals surface area contributed by atoms with Crippen molar-refractivity contribution in [2.24, 2.45) is 0 Å². The van der Waals surface area contributed by atoms with Crippen molar-refractivity contribution in [3.8, 4) is 0 Å². The Hall–Kier alpha value is -3.29. The first kappa shape index (κ1) is 18.5. The number of benzene rings is 1. The largest absolute Gasteiger partial charge is 0.459 e. The van der Waals surface area contributed by atoms with Crippen LogP contribution in [0.1, 0.15) is 17.5 Å². The second kappa shape index (κ2) is 8.39. The molecule has 0 aliphatic carbocycles. The Balaban J connectivity index is 1.47. The predicted octanol–water partition coefficient (Wildman–Crippen LogP) is 1.63. The van der Waals surface area contributed by atoms with Crippen LogP contribution in [0.15, 0.2) is 47.1 Å². The summed E-state index contributed by atoms with van der Waals surface area (Å²) in [6.45, 7) is 3.51. The van der Waals surface area contributed by atoms with Crippen molar-refractivity contribution in [3.63, 3.8) is 0 Å². The highest BCUT2D eigenvalue weighted by Gasteiger charge is 2.25. The molecule has 1 fully saturated rings. The lowest BCUT2D eigenvalue weighted by atomic mass is 10.2. The van der Waals surface area contributed by atoms with E-state index in [9.17, 15) is 14.4 Å². The summed E-state index contributed by atoms with van der Waals surface area (Å²) >= 11 is 0. The second-order valence-electron chi connectivity index (χ2n) is 6.27. The van der Waals surface area contributed by atoms with E-state index in [0.717, 1.165) is 5.69 Å². The summed E-state index contributed by atoms with van der Waals surface area (Å²) in [5.41, 5.74) is 1.42. The van der Waals surface area contributed by atoms with Crippen molar-refractivity contribution in [1.29, 1.82) is 0 Å². The van der Waals surface area contributed by atoms with Gasteiger partial charge in [0.25, 0.3) is 5.91 Å². The van der Waals surface area contributed by atoms with Crippen LogP contribution in [0.5, 0.6) is 0 Å². The molecule has 3 rings (SSSR count). The van der Waals surface area contributed by atoms with Crippen LogP contribution in [-0.2, 0) is 9.59 Å². The molecule has 8 heteroatoms. The monoisotopic (exact) mass is 370 g/mol. The molecule has 8 nitrogen and oxygen atoms in total. The maximum absolute atomic E-state index is 12.4. The van der Waals surface area contributed by atoms with Gasteiger partial charge in [-0.05, 0) is 30.3 Å². The average Bonchev–Trinajstić information content (AvgIpc) is 3.20. The molecule has 0 bridgehead atoms. The fourth-order valence-corrected chi connectivity index (χ4v) is 2.91. The van der Waals surface area contributed by atoms with Crippen LogP contribution in [0.25, 0.3) is 0 Å². The van der Waals surface area contributed by atoms with Crippen molar-refractivity contribution in [1.82, 2.24) is 9.80 Å². The van der Waals surface area contributed by atoms with Crippen molar-refractivity contribution in [2.75, 3.05) is 43.4 Å². The number of piperazine rings is 1. The number of hydrogen-bond acceptors (Lipinski definition) is 5. The third kappa shape index (κ3) is 4.87. The number of carbonyl (C=O) groups excluding carboxylic acids is 3. The molecule has 0 spiro atoms. The van der Waals surface area contributed by atoms with E-state index in [1.54, 1.807) is 40.1 Å². The number of rotatable bonds is 5. The maximum atomic E-state index is 12.4. The quantitative estimate of drug-likeness (QED) is 0.834. The molecule has 142 valence electrons. The number of furan rings is 1. The molecule has 1 aliphatic rings. The highest BCUT2D eigenvalue weighted by Crippen LogP contribution is 2.15. The standard InChI is InChI=1S/C19H22N4O4/c1-14(24)21-16-5-2-4-15(12-16)20-13-18(25)22-7-9-23(10-8-22)19(26)17-6-3-11-27-17/h2-6,11-12,20H,7-10,13H2,1H3,(H,21,24). The van der Waals surface area contributed by atoms with Crippen LogP contribution in [0.2, 0.25) is 0 Å².